The van der Waals surface area contributed by atoms with Crippen LogP contribution in [0.3, 0.4) is 0 Å². The number of fused-ring (bicyclic) bond motifs is 1. The summed E-state index contributed by atoms with van der Waals surface area (Å²) in [6, 6.07) is 9.07. The first-order valence-corrected chi connectivity index (χ1v) is 7.91. The molecular weight excluding hydrogens is 246 g/mol. The number of hydrogen-bond donors (Lipinski definition) is 1. The number of para-hydroxylation sites is 2. The summed E-state index contributed by atoms with van der Waals surface area (Å²) in [5.41, 5.74) is 2.38. The zero-order chi connectivity index (χ0) is 14.4. The van der Waals surface area contributed by atoms with Crippen LogP contribution in [-0.4, -0.2) is 22.1 Å². The van der Waals surface area contributed by atoms with Gasteiger partial charge in [0.1, 0.15) is 5.82 Å². The van der Waals surface area contributed by atoms with E-state index < -0.39 is 0 Å². The normalized spacial score (nSPS) is 12.9. The lowest BCUT2D eigenvalue weighted by molar-refractivity contribution is 0.440. The van der Waals surface area contributed by atoms with Gasteiger partial charge in [-0.25, -0.2) is 4.98 Å². The zero-order valence-corrected chi connectivity index (χ0v) is 13.0. The van der Waals surface area contributed by atoms with Crippen LogP contribution in [0.25, 0.3) is 11.0 Å². The molecule has 2 rings (SSSR count). The fraction of sp³-hybridized carbons (Fsp3) is 0.588. The molecule has 1 aromatic carbocycles. The number of aromatic nitrogens is 2. The van der Waals surface area contributed by atoms with Crippen molar-refractivity contribution in [2.24, 2.45) is 0 Å². The van der Waals surface area contributed by atoms with Gasteiger partial charge in [0.25, 0.3) is 0 Å². The molecule has 0 saturated heterocycles. The van der Waals surface area contributed by atoms with Crippen molar-refractivity contribution in [3.8, 4) is 0 Å². The molecule has 0 aliphatic carbocycles. The van der Waals surface area contributed by atoms with Crippen LogP contribution in [-0.2, 0) is 6.54 Å². The van der Waals surface area contributed by atoms with Crippen LogP contribution in [0.2, 0.25) is 0 Å². The van der Waals surface area contributed by atoms with E-state index in [4.69, 9.17) is 0 Å². The molecule has 3 heteroatoms. The minimum atomic E-state index is 0.657. The Morgan fingerprint density at radius 1 is 1.25 bits per heavy atom. The van der Waals surface area contributed by atoms with E-state index in [1.165, 1.54) is 31.2 Å². The maximum atomic E-state index is 4.63. The minimum absolute atomic E-state index is 0.657. The molecule has 2 aromatic rings. The Bertz CT molecular complexity index is 530. The van der Waals surface area contributed by atoms with Crippen LogP contribution >= 0.6 is 0 Å². The molecule has 0 bridgehead atoms. The first-order valence-electron chi connectivity index (χ1n) is 7.91. The molecule has 110 valence electrons. The van der Waals surface area contributed by atoms with Gasteiger partial charge >= 0.3 is 0 Å². The van der Waals surface area contributed by atoms with E-state index in [-0.39, 0.29) is 0 Å². The molecule has 0 radical (unpaired) electrons. The van der Waals surface area contributed by atoms with Crippen molar-refractivity contribution in [1.82, 2.24) is 14.9 Å². The van der Waals surface area contributed by atoms with Gasteiger partial charge in [0, 0.05) is 12.6 Å². The number of imidazole rings is 1. The summed E-state index contributed by atoms with van der Waals surface area (Å²) in [5, 5.41) is 3.63. The van der Waals surface area contributed by atoms with E-state index >= 15 is 0 Å². The van der Waals surface area contributed by atoms with Gasteiger partial charge in [-0.15, -0.1) is 0 Å². The predicted molar refractivity (Wildman–Crippen MR) is 86.1 cm³/mol. The van der Waals surface area contributed by atoms with Gasteiger partial charge in [-0.1, -0.05) is 26.0 Å². The Balaban J connectivity index is 1.94. The van der Waals surface area contributed by atoms with Crippen molar-refractivity contribution in [2.45, 2.75) is 59.0 Å². The summed E-state index contributed by atoms with van der Waals surface area (Å²) in [5.74, 6) is 1.13. The van der Waals surface area contributed by atoms with Gasteiger partial charge < -0.3 is 9.88 Å². The van der Waals surface area contributed by atoms with E-state index in [1.54, 1.807) is 0 Å². The summed E-state index contributed by atoms with van der Waals surface area (Å²) in [6.45, 7) is 8.79. The number of nitrogens with one attached hydrogen (secondary N) is 1. The third-order valence-electron chi connectivity index (χ3n) is 3.96. The third kappa shape index (κ3) is 3.60. The van der Waals surface area contributed by atoms with Gasteiger partial charge in [0.05, 0.1) is 11.0 Å². The highest BCUT2D eigenvalue weighted by Gasteiger charge is 2.08. The van der Waals surface area contributed by atoms with Crippen LogP contribution in [0.15, 0.2) is 24.3 Å². The number of rotatable bonds is 8. The van der Waals surface area contributed by atoms with Crippen LogP contribution in [0, 0.1) is 6.92 Å². The number of aryl methyl sites for hydroxylation is 2. The molecule has 0 spiro atoms. The Labute approximate surface area is 122 Å². The molecule has 1 heterocycles. The van der Waals surface area contributed by atoms with Crippen molar-refractivity contribution in [3.63, 3.8) is 0 Å². The van der Waals surface area contributed by atoms with Crippen molar-refractivity contribution >= 4 is 11.0 Å². The van der Waals surface area contributed by atoms with Crippen molar-refractivity contribution in [3.05, 3.63) is 30.1 Å². The quantitative estimate of drug-likeness (QED) is 0.790. The second kappa shape index (κ2) is 7.44. The van der Waals surface area contributed by atoms with Gasteiger partial charge in [-0.3, -0.25) is 0 Å². The highest BCUT2D eigenvalue weighted by molar-refractivity contribution is 5.75. The predicted octanol–water partition coefficient (Wildman–Crippen LogP) is 3.90. The molecule has 1 unspecified atom stereocenters. The molecular formula is C17H27N3. The smallest absolute Gasteiger partial charge is 0.106 e. The SMILES string of the molecule is CCCNC(CC)CCCn1c(C)nc2ccccc21. The molecule has 20 heavy (non-hydrogen) atoms. The lowest BCUT2D eigenvalue weighted by Crippen LogP contribution is -2.29. The average molecular weight is 273 g/mol. The molecule has 1 atom stereocenters. The second-order valence-electron chi connectivity index (χ2n) is 5.50. The van der Waals surface area contributed by atoms with Crippen molar-refractivity contribution < 1.29 is 0 Å². The van der Waals surface area contributed by atoms with E-state index in [1.807, 2.05) is 0 Å². The Hall–Kier alpha value is -1.35. The lowest BCUT2D eigenvalue weighted by Gasteiger charge is -2.17. The standard InChI is InChI=1S/C17H27N3/c1-4-12-18-15(5-2)9-8-13-20-14(3)19-16-10-6-7-11-17(16)20/h6-7,10-11,15,18H,4-5,8-9,12-13H2,1-3H3. The Morgan fingerprint density at radius 3 is 2.80 bits per heavy atom. The minimum Gasteiger partial charge on any atom is -0.328 e. The Morgan fingerprint density at radius 2 is 2.05 bits per heavy atom. The van der Waals surface area contributed by atoms with E-state index in [0.717, 1.165) is 24.4 Å². The summed E-state index contributed by atoms with van der Waals surface area (Å²) in [7, 11) is 0. The Kier molecular flexibility index (Phi) is 5.60. The van der Waals surface area contributed by atoms with Gasteiger partial charge in [0.2, 0.25) is 0 Å². The zero-order valence-electron chi connectivity index (χ0n) is 13.0. The molecule has 3 nitrogen and oxygen atoms in total. The topological polar surface area (TPSA) is 29.9 Å². The summed E-state index contributed by atoms with van der Waals surface area (Å²) >= 11 is 0. The van der Waals surface area contributed by atoms with Gasteiger partial charge in [-0.05, 0) is 51.3 Å². The summed E-state index contributed by atoms with van der Waals surface area (Å²) < 4.78 is 2.35. The monoisotopic (exact) mass is 273 g/mol. The van der Waals surface area contributed by atoms with E-state index in [2.05, 4.69) is 59.9 Å². The van der Waals surface area contributed by atoms with Crippen LogP contribution < -0.4 is 5.32 Å². The number of hydrogen-bond acceptors (Lipinski definition) is 2. The molecule has 0 saturated carbocycles. The molecule has 1 aromatic heterocycles. The maximum absolute atomic E-state index is 4.63. The first-order chi connectivity index (χ1) is 9.76. The molecule has 1 N–H and O–H groups in total. The van der Waals surface area contributed by atoms with Crippen molar-refractivity contribution in [1.29, 1.82) is 0 Å². The van der Waals surface area contributed by atoms with Gasteiger partial charge in [-0.2, -0.15) is 0 Å². The second-order valence-corrected chi connectivity index (χ2v) is 5.50. The van der Waals surface area contributed by atoms with Crippen LogP contribution in [0.1, 0.15) is 45.4 Å². The molecule has 0 aliphatic heterocycles. The molecule has 0 fully saturated rings. The maximum Gasteiger partial charge on any atom is 0.106 e. The van der Waals surface area contributed by atoms with Crippen molar-refractivity contribution in [2.75, 3.05) is 6.54 Å². The highest BCUT2D eigenvalue weighted by atomic mass is 15.1. The lowest BCUT2D eigenvalue weighted by atomic mass is 10.1. The third-order valence-corrected chi connectivity index (χ3v) is 3.96. The molecule has 0 amide bonds. The first kappa shape index (κ1) is 15.0. The average Bonchev–Trinajstić information content (AvgIpc) is 2.78. The highest BCUT2D eigenvalue weighted by Crippen LogP contribution is 2.16. The largest absolute Gasteiger partial charge is 0.328 e. The van der Waals surface area contributed by atoms with E-state index in [9.17, 15) is 0 Å². The fourth-order valence-electron chi connectivity index (χ4n) is 2.77. The fourth-order valence-corrected chi connectivity index (χ4v) is 2.77. The van der Waals surface area contributed by atoms with Crippen LogP contribution in [0.5, 0.6) is 0 Å². The van der Waals surface area contributed by atoms with E-state index in [0.29, 0.717) is 6.04 Å². The summed E-state index contributed by atoms with van der Waals surface area (Å²) in [6.07, 6.45) is 4.87. The summed E-state index contributed by atoms with van der Waals surface area (Å²) in [4.78, 5) is 4.63. The number of benzene rings is 1. The molecule has 0 aliphatic rings. The van der Waals surface area contributed by atoms with Gasteiger partial charge in [0.15, 0.2) is 0 Å². The van der Waals surface area contributed by atoms with Crippen LogP contribution in [0.4, 0.5) is 0 Å². The number of nitrogens with zero attached hydrogens (tertiary/aromatic N) is 2.